The molecule has 0 amide bonds. The third kappa shape index (κ3) is 8.20. The molecule has 7 heteroatoms. The van der Waals surface area contributed by atoms with Crippen molar-refractivity contribution in [3.63, 3.8) is 0 Å². The molecule has 0 fully saturated rings. The Morgan fingerprint density at radius 1 is 0.667 bits per heavy atom. The zero-order valence-electron chi connectivity index (χ0n) is 38.6. The van der Waals surface area contributed by atoms with Gasteiger partial charge in [-0.2, -0.15) is 18.2 Å². The maximum absolute atomic E-state index is 9.42. The maximum Gasteiger partial charge on any atom is 0.269 e. The van der Waals surface area contributed by atoms with Crippen LogP contribution in [0.4, 0.5) is 0 Å². The van der Waals surface area contributed by atoms with Crippen molar-refractivity contribution >= 4 is 32.8 Å². The molecule has 8 aromatic rings. The molecule has 4 aromatic carbocycles. The molecule has 0 N–H and O–H groups in total. The van der Waals surface area contributed by atoms with E-state index >= 15 is 0 Å². The minimum atomic E-state index is -0.774. The summed E-state index contributed by atoms with van der Waals surface area (Å²) in [5, 5.41) is 2.21. The van der Waals surface area contributed by atoms with Crippen LogP contribution in [0.1, 0.15) is 132 Å². The van der Waals surface area contributed by atoms with Crippen molar-refractivity contribution in [2.24, 2.45) is 0 Å². The van der Waals surface area contributed by atoms with Crippen LogP contribution in [0.15, 0.2) is 103 Å². The molecule has 0 unspecified atom stereocenters. The summed E-state index contributed by atoms with van der Waals surface area (Å²) in [6.07, 6.45) is 9.88. The quantitative estimate of drug-likeness (QED) is 0.0958. The summed E-state index contributed by atoms with van der Waals surface area (Å²) in [5.41, 5.74) is 8.84. The Kier molecular flexibility index (Phi) is 11.5. The van der Waals surface area contributed by atoms with Gasteiger partial charge in [-0.15, -0.1) is 17.5 Å². The fourth-order valence-corrected chi connectivity index (χ4v) is 8.22. The second-order valence-electron chi connectivity index (χ2n) is 17.6. The van der Waals surface area contributed by atoms with E-state index in [-0.39, 0.29) is 31.9 Å². The largest absolute Gasteiger partial charge is 0.522 e. The van der Waals surface area contributed by atoms with Gasteiger partial charge in [-0.25, -0.2) is 4.98 Å². The summed E-state index contributed by atoms with van der Waals surface area (Å²) in [6.45, 7) is 21.7. The zero-order chi connectivity index (χ0) is 43.5. The summed E-state index contributed by atoms with van der Waals surface area (Å²) in [5.74, 6) is 0.839. The van der Waals surface area contributed by atoms with Gasteiger partial charge in [0.1, 0.15) is 5.82 Å². The van der Waals surface area contributed by atoms with E-state index in [1.165, 1.54) is 11.1 Å². The van der Waals surface area contributed by atoms with E-state index in [9.17, 15) is 2.74 Å². The summed E-state index contributed by atoms with van der Waals surface area (Å²) in [4.78, 5) is 9.65. The third-order valence-electron chi connectivity index (χ3n) is 11.7. The first-order chi connectivity index (χ1) is 29.0. The molecule has 312 valence electrons. The van der Waals surface area contributed by atoms with Gasteiger partial charge in [0.25, 0.3) is 6.33 Å². The predicted octanol–water partition coefficient (Wildman–Crippen LogP) is 13.4. The number of hydrogen-bond donors (Lipinski definition) is 0. The number of aromatic nitrogens is 5. The number of fused-ring (bicyclic) bond motifs is 4. The van der Waals surface area contributed by atoms with Crippen LogP contribution in [0.2, 0.25) is 0 Å². The Labute approximate surface area is 373 Å². The zero-order valence-corrected chi connectivity index (χ0v) is 38.9. The molecular formula is C53H57N5OPt-2. The molecule has 0 aliphatic heterocycles. The average molecular weight is 977 g/mol. The van der Waals surface area contributed by atoms with Gasteiger partial charge < -0.3 is 9.30 Å². The molecule has 4 heterocycles. The number of benzene rings is 4. The minimum absolute atomic E-state index is 0. The number of pyridine rings is 2. The van der Waals surface area contributed by atoms with Gasteiger partial charge in [0, 0.05) is 41.3 Å². The van der Waals surface area contributed by atoms with Crippen molar-refractivity contribution in [2.75, 3.05) is 0 Å². The molecule has 0 aliphatic carbocycles. The van der Waals surface area contributed by atoms with Gasteiger partial charge in [-0.3, -0.25) is 14.1 Å². The van der Waals surface area contributed by atoms with Crippen LogP contribution in [0.25, 0.3) is 50.2 Å². The summed E-state index contributed by atoms with van der Waals surface area (Å²) >= 11 is 0. The van der Waals surface area contributed by atoms with Crippen LogP contribution in [0, 0.1) is 18.5 Å². The van der Waals surface area contributed by atoms with Crippen molar-refractivity contribution in [1.29, 1.82) is 0 Å². The van der Waals surface area contributed by atoms with Crippen molar-refractivity contribution in [3.05, 3.63) is 144 Å². The molecule has 0 saturated heterocycles. The van der Waals surface area contributed by atoms with E-state index in [1.54, 1.807) is 6.20 Å². The van der Waals surface area contributed by atoms with Crippen LogP contribution in [0.3, 0.4) is 0 Å². The second-order valence-corrected chi connectivity index (χ2v) is 17.6. The van der Waals surface area contributed by atoms with Crippen LogP contribution >= 0.6 is 0 Å². The molecule has 0 atom stereocenters. The topological polar surface area (TPSA) is 48.8 Å². The monoisotopic (exact) mass is 976 g/mol. The fourth-order valence-electron chi connectivity index (χ4n) is 8.22. The van der Waals surface area contributed by atoms with Gasteiger partial charge in [0.2, 0.25) is 0 Å². The molecule has 6 nitrogen and oxygen atoms in total. The molecular weight excluding hydrogens is 918 g/mol. The van der Waals surface area contributed by atoms with E-state index in [4.69, 9.17) is 14.7 Å². The van der Waals surface area contributed by atoms with Crippen LogP contribution in [-0.2, 0) is 31.9 Å². The summed E-state index contributed by atoms with van der Waals surface area (Å²) < 4.78 is 31.6. The molecule has 4 aromatic heterocycles. The first-order valence-electron chi connectivity index (χ1n) is 22.2. The molecule has 0 spiro atoms. The molecule has 0 aliphatic rings. The van der Waals surface area contributed by atoms with Crippen LogP contribution in [0.5, 0.6) is 11.5 Å². The van der Waals surface area contributed by atoms with E-state index in [0.29, 0.717) is 43.0 Å². The normalized spacial score (nSPS) is 13.1. The first kappa shape index (κ1) is 40.3. The molecule has 8 rings (SSSR count). The fraction of sp³-hybridized carbons (Fsp3) is 0.340. The second kappa shape index (κ2) is 17.1. The number of nitrogens with zero attached hydrogens (tertiary/aromatic N) is 5. The smallest absolute Gasteiger partial charge is 0.269 e. The van der Waals surface area contributed by atoms with Gasteiger partial charge in [-0.1, -0.05) is 123 Å². The molecule has 0 radical (unpaired) electrons. The Balaban J connectivity index is 0.00000578. The number of rotatable bonds is 11. The standard InChI is InChI=1S/C53H57N5O.Pt/c1-11-35(12-2)37-27-38(36(13-3)14-4)29-41(28-37)56-34-57(48-18-16-15-17-47(48)56)50-33-43(24-26-54-50)59-42-20-21-44-45-30-39(52(5,6)7)19-22-46(45)58(49(44)32-42)51-31-40(23-25-55-51)53(8,9)10;/h15-31,35-36H,11-14H2,1-10H3;/q-2;/i35D,36D;. The number of ether oxygens (including phenoxy) is 1. The van der Waals surface area contributed by atoms with Crippen LogP contribution < -0.4 is 9.30 Å². The summed E-state index contributed by atoms with van der Waals surface area (Å²) in [6, 6.07) is 38.4. The maximum atomic E-state index is 9.42. The number of imidazole rings is 1. The van der Waals surface area contributed by atoms with Crippen molar-refractivity contribution in [2.45, 2.75) is 118 Å². The van der Waals surface area contributed by atoms with Gasteiger partial charge in [0.05, 0.1) is 22.5 Å². The Morgan fingerprint density at radius 3 is 1.97 bits per heavy atom. The van der Waals surface area contributed by atoms with Crippen molar-refractivity contribution in [3.8, 4) is 28.8 Å². The molecule has 60 heavy (non-hydrogen) atoms. The Hall–Kier alpha value is -5.06. The van der Waals surface area contributed by atoms with E-state index in [1.807, 2.05) is 45.7 Å². The van der Waals surface area contributed by atoms with E-state index < -0.39 is 11.8 Å². The van der Waals surface area contributed by atoms with E-state index in [0.717, 1.165) is 55.5 Å². The predicted molar refractivity (Wildman–Crippen MR) is 242 cm³/mol. The van der Waals surface area contributed by atoms with Gasteiger partial charge in [-0.05, 0) is 112 Å². The van der Waals surface area contributed by atoms with Crippen LogP contribution in [-0.4, -0.2) is 19.1 Å². The SMILES string of the molecule is [2H]C(CC)(CC)c1cc(-[n+]2[c-]n(-c3[c-]c(Oc4[c-]c5c(cc4)c4cc(C(C)(C)C)ccc4n5-c4cc(C(C)(C)C)ccn4)ccn3)c3ccccc32)cc(C([2H])(CC)CC)c1.[Pt]. The molecule has 0 bridgehead atoms. The summed E-state index contributed by atoms with van der Waals surface area (Å²) in [7, 11) is 0. The van der Waals surface area contributed by atoms with Crippen molar-refractivity contribution in [1.82, 2.24) is 19.1 Å². The Morgan fingerprint density at radius 2 is 1.30 bits per heavy atom. The first-order valence-corrected chi connectivity index (χ1v) is 21.2. The van der Waals surface area contributed by atoms with E-state index in [2.05, 4.69) is 153 Å². The van der Waals surface area contributed by atoms with Crippen molar-refractivity contribution < 1.29 is 33.1 Å². The average Bonchev–Trinajstić information content (AvgIpc) is 3.81. The third-order valence-corrected chi connectivity index (χ3v) is 11.7. The Bertz CT molecular complexity index is 2870. The number of hydrogen-bond acceptors (Lipinski definition) is 3. The van der Waals surface area contributed by atoms with Gasteiger partial charge >= 0.3 is 0 Å². The minimum Gasteiger partial charge on any atom is -0.522 e. The number of para-hydroxylation sites is 2. The molecule has 0 saturated carbocycles. The van der Waals surface area contributed by atoms with Gasteiger partial charge in [0.15, 0.2) is 0 Å².